The number of aromatic nitrogens is 1. The molecule has 9 heteroatoms. The molecule has 0 spiro atoms. The normalized spacial score (nSPS) is 14.0. The molecule has 0 bridgehead atoms. The van der Waals surface area contributed by atoms with E-state index in [0.29, 0.717) is 35.8 Å². The number of ether oxygens (including phenoxy) is 2. The average Bonchev–Trinajstić information content (AvgIpc) is 2.75. The zero-order valence-electron chi connectivity index (χ0n) is 17.6. The molecule has 0 saturated heterocycles. The van der Waals surface area contributed by atoms with Gasteiger partial charge in [-0.2, -0.15) is 0 Å². The van der Waals surface area contributed by atoms with E-state index in [1.54, 1.807) is 23.1 Å². The van der Waals surface area contributed by atoms with Crippen LogP contribution in [-0.4, -0.2) is 46.4 Å². The SMILES string of the molecule is CCCOc1c[nH]c(CS(=O)CC(=O)c2ccc3c(c2)N(CCC)C(=O)CO3)cc1=O. The highest BCUT2D eigenvalue weighted by atomic mass is 32.2. The van der Waals surface area contributed by atoms with E-state index in [0.717, 1.165) is 12.8 Å². The number of amides is 1. The van der Waals surface area contributed by atoms with Crippen LogP contribution in [-0.2, 0) is 21.3 Å². The molecule has 1 atom stereocenters. The maximum Gasteiger partial charge on any atom is 0.265 e. The molecule has 166 valence electrons. The molecular weight excluding hydrogens is 420 g/mol. The van der Waals surface area contributed by atoms with Gasteiger partial charge in [-0.25, -0.2) is 0 Å². The third-order valence-corrected chi connectivity index (χ3v) is 5.90. The fourth-order valence-corrected chi connectivity index (χ4v) is 4.28. The van der Waals surface area contributed by atoms with Gasteiger partial charge in [-0.3, -0.25) is 18.6 Å². The van der Waals surface area contributed by atoms with Crippen LogP contribution in [0.4, 0.5) is 5.69 Å². The maximum atomic E-state index is 12.7. The summed E-state index contributed by atoms with van der Waals surface area (Å²) in [7, 11) is -1.51. The third kappa shape index (κ3) is 5.61. The highest BCUT2D eigenvalue weighted by Crippen LogP contribution is 2.33. The lowest BCUT2D eigenvalue weighted by atomic mass is 10.1. The number of pyridine rings is 1. The number of anilines is 1. The zero-order chi connectivity index (χ0) is 22.4. The van der Waals surface area contributed by atoms with Crippen molar-refractivity contribution in [2.24, 2.45) is 0 Å². The number of H-pyrrole nitrogens is 1. The summed E-state index contributed by atoms with van der Waals surface area (Å²) in [4.78, 5) is 41.4. The van der Waals surface area contributed by atoms with E-state index >= 15 is 0 Å². The first-order chi connectivity index (χ1) is 14.9. The number of rotatable bonds is 10. The van der Waals surface area contributed by atoms with E-state index in [9.17, 15) is 18.6 Å². The van der Waals surface area contributed by atoms with Crippen molar-refractivity contribution in [2.45, 2.75) is 32.4 Å². The Kier molecular flexibility index (Phi) is 7.62. The van der Waals surface area contributed by atoms with E-state index in [1.807, 2.05) is 13.8 Å². The topological polar surface area (TPSA) is 106 Å². The van der Waals surface area contributed by atoms with Crippen molar-refractivity contribution in [1.82, 2.24) is 4.98 Å². The molecular formula is C22H26N2O6S. The predicted molar refractivity (Wildman–Crippen MR) is 118 cm³/mol. The van der Waals surface area contributed by atoms with Gasteiger partial charge in [0, 0.05) is 40.9 Å². The second-order valence-corrected chi connectivity index (χ2v) is 8.66. The smallest absolute Gasteiger partial charge is 0.265 e. The summed E-state index contributed by atoms with van der Waals surface area (Å²) in [5, 5.41) is 0. The number of fused-ring (bicyclic) bond motifs is 1. The largest absolute Gasteiger partial charge is 0.488 e. The highest BCUT2D eigenvalue weighted by molar-refractivity contribution is 7.85. The number of carbonyl (C=O) groups excluding carboxylic acids is 2. The Morgan fingerprint density at radius 3 is 2.74 bits per heavy atom. The van der Waals surface area contributed by atoms with Crippen LogP contribution in [0.3, 0.4) is 0 Å². The van der Waals surface area contributed by atoms with Gasteiger partial charge in [-0.15, -0.1) is 0 Å². The minimum Gasteiger partial charge on any atom is -0.488 e. The minimum atomic E-state index is -1.51. The molecule has 1 aromatic carbocycles. The number of Topliss-reactive ketones (excluding diaryl/α,β-unsaturated/α-hetero) is 1. The summed E-state index contributed by atoms with van der Waals surface area (Å²) < 4.78 is 23.3. The molecule has 0 fully saturated rings. The number of benzene rings is 1. The molecule has 1 N–H and O–H groups in total. The lowest BCUT2D eigenvalue weighted by molar-refractivity contribution is -0.121. The summed E-state index contributed by atoms with van der Waals surface area (Å²) in [5.41, 5.74) is 1.10. The standard InChI is InChI=1S/C22H26N2O6S/c1-3-7-24-17-9-15(5-6-20(17)30-12-22(24)27)19(26)14-31(28)13-16-10-18(25)21(11-23-16)29-8-4-2/h5-6,9-11H,3-4,7-8,12-14H2,1-2H3,(H,23,25). The number of aromatic amines is 1. The molecule has 31 heavy (non-hydrogen) atoms. The Hall–Kier alpha value is -2.94. The molecule has 3 rings (SSSR count). The van der Waals surface area contributed by atoms with Crippen LogP contribution in [0.5, 0.6) is 11.5 Å². The monoisotopic (exact) mass is 446 g/mol. The predicted octanol–water partition coefficient (Wildman–Crippen LogP) is 2.43. The van der Waals surface area contributed by atoms with Crippen LogP contribution in [0.1, 0.15) is 42.7 Å². The molecule has 1 aliphatic rings. The average molecular weight is 447 g/mol. The van der Waals surface area contributed by atoms with E-state index in [4.69, 9.17) is 9.47 Å². The van der Waals surface area contributed by atoms with Gasteiger partial charge in [0.15, 0.2) is 18.1 Å². The van der Waals surface area contributed by atoms with Crippen LogP contribution in [0, 0.1) is 0 Å². The molecule has 0 saturated carbocycles. The van der Waals surface area contributed by atoms with Gasteiger partial charge in [0.1, 0.15) is 5.75 Å². The second-order valence-electron chi connectivity index (χ2n) is 7.20. The van der Waals surface area contributed by atoms with Crippen LogP contribution < -0.4 is 19.8 Å². The molecule has 1 amide bonds. The lowest BCUT2D eigenvalue weighted by Crippen LogP contribution is -2.39. The third-order valence-electron chi connectivity index (χ3n) is 4.68. The molecule has 8 nitrogen and oxygen atoms in total. The van der Waals surface area contributed by atoms with E-state index < -0.39 is 10.8 Å². The van der Waals surface area contributed by atoms with Gasteiger partial charge in [-0.1, -0.05) is 13.8 Å². The van der Waals surface area contributed by atoms with Crippen molar-refractivity contribution in [1.29, 1.82) is 0 Å². The van der Waals surface area contributed by atoms with Gasteiger partial charge in [-0.05, 0) is 31.0 Å². The summed E-state index contributed by atoms with van der Waals surface area (Å²) in [6, 6.07) is 6.23. The van der Waals surface area contributed by atoms with Crippen molar-refractivity contribution < 1.29 is 23.3 Å². The fraction of sp³-hybridized carbons (Fsp3) is 0.409. The van der Waals surface area contributed by atoms with Crippen LogP contribution in [0.25, 0.3) is 0 Å². The number of hydrogen-bond donors (Lipinski definition) is 1. The summed E-state index contributed by atoms with van der Waals surface area (Å²) in [5.74, 6) is 0.156. The molecule has 0 aliphatic carbocycles. The van der Waals surface area contributed by atoms with Crippen molar-refractivity contribution >= 4 is 28.2 Å². The molecule has 1 unspecified atom stereocenters. The summed E-state index contributed by atoms with van der Waals surface area (Å²) in [6.07, 6.45) is 3.01. The summed E-state index contributed by atoms with van der Waals surface area (Å²) in [6.45, 7) is 4.86. The number of ketones is 1. The first kappa shape index (κ1) is 22.7. The van der Waals surface area contributed by atoms with Crippen LogP contribution >= 0.6 is 0 Å². The molecule has 2 aromatic rings. The van der Waals surface area contributed by atoms with E-state index in [-0.39, 0.29) is 41.0 Å². The summed E-state index contributed by atoms with van der Waals surface area (Å²) >= 11 is 0. The Bertz CT molecular complexity index is 1050. The zero-order valence-corrected chi connectivity index (χ0v) is 18.5. The Morgan fingerprint density at radius 2 is 2.03 bits per heavy atom. The Balaban J connectivity index is 1.68. The highest BCUT2D eigenvalue weighted by Gasteiger charge is 2.26. The number of carbonyl (C=O) groups is 2. The van der Waals surface area contributed by atoms with Gasteiger partial charge >= 0.3 is 0 Å². The van der Waals surface area contributed by atoms with Crippen molar-refractivity contribution in [2.75, 3.05) is 30.4 Å². The lowest BCUT2D eigenvalue weighted by Gasteiger charge is -2.29. The van der Waals surface area contributed by atoms with Gasteiger partial charge in [0.05, 0.1) is 23.8 Å². The van der Waals surface area contributed by atoms with Crippen LogP contribution in [0.15, 0.2) is 35.3 Å². The Labute approximate surface area is 183 Å². The molecule has 0 radical (unpaired) electrons. The van der Waals surface area contributed by atoms with E-state index in [2.05, 4.69) is 4.98 Å². The van der Waals surface area contributed by atoms with E-state index in [1.165, 1.54) is 12.3 Å². The first-order valence-electron chi connectivity index (χ1n) is 10.2. The van der Waals surface area contributed by atoms with Crippen LogP contribution in [0.2, 0.25) is 0 Å². The molecule has 1 aromatic heterocycles. The van der Waals surface area contributed by atoms with Crippen molar-refractivity contribution in [3.8, 4) is 11.5 Å². The first-order valence-corrected chi connectivity index (χ1v) is 11.7. The number of nitrogens with zero attached hydrogens (tertiary/aromatic N) is 1. The number of nitrogens with one attached hydrogen (secondary N) is 1. The second kappa shape index (κ2) is 10.4. The van der Waals surface area contributed by atoms with Gasteiger partial charge in [0.25, 0.3) is 5.91 Å². The maximum absolute atomic E-state index is 12.7. The van der Waals surface area contributed by atoms with Crippen molar-refractivity contribution in [3.05, 3.63) is 51.9 Å². The minimum absolute atomic E-state index is 0.0230. The van der Waals surface area contributed by atoms with Crippen molar-refractivity contribution in [3.63, 3.8) is 0 Å². The molecule has 2 heterocycles. The molecule has 1 aliphatic heterocycles. The number of hydrogen-bond acceptors (Lipinski definition) is 6. The fourth-order valence-electron chi connectivity index (χ4n) is 3.21. The van der Waals surface area contributed by atoms with Gasteiger partial charge < -0.3 is 19.4 Å². The van der Waals surface area contributed by atoms with Gasteiger partial charge in [0.2, 0.25) is 5.43 Å². The Morgan fingerprint density at radius 1 is 1.23 bits per heavy atom. The quantitative estimate of drug-likeness (QED) is 0.562.